The molecule has 8 rings (SSSR count). The number of thiophene rings is 1. The molecule has 1 aromatic heterocycles. The zero-order chi connectivity index (χ0) is 29.0. The van der Waals surface area contributed by atoms with Crippen molar-refractivity contribution >= 4 is 39.5 Å². The standard InChI is InChI=1S/C41H31NS/c1-3-32(29-23-25-30(26-24-29)39-22-13-27-43-39)40-28(2)41(34-17-8-7-16-33(34)40)35-18-9-11-20-37(35)42(31-14-5-4-6-15-31)38-21-12-10-19-36(38)41/h3-27H,1-2H3/b32-3-. The molecule has 1 spiro atoms. The third-order valence-electron chi connectivity index (χ3n) is 9.21. The summed E-state index contributed by atoms with van der Waals surface area (Å²) in [4.78, 5) is 3.73. The lowest BCUT2D eigenvalue weighted by atomic mass is 9.64. The maximum atomic E-state index is 2.43. The summed E-state index contributed by atoms with van der Waals surface area (Å²) in [6.07, 6.45) is 2.30. The number of hydrogen-bond acceptors (Lipinski definition) is 2. The number of allylic oxidation sites excluding steroid dienone is 4. The van der Waals surface area contributed by atoms with Gasteiger partial charge in [0.2, 0.25) is 0 Å². The van der Waals surface area contributed by atoms with Crippen molar-refractivity contribution in [3.05, 3.63) is 184 Å². The van der Waals surface area contributed by atoms with Crippen molar-refractivity contribution in [3.8, 4) is 10.4 Å². The summed E-state index contributed by atoms with van der Waals surface area (Å²) in [5, 5.41) is 2.14. The molecule has 1 aliphatic heterocycles. The summed E-state index contributed by atoms with van der Waals surface area (Å²) in [5.74, 6) is 0. The van der Waals surface area contributed by atoms with Crippen LogP contribution in [-0.2, 0) is 5.41 Å². The molecule has 2 heteroatoms. The second-order valence-electron chi connectivity index (χ2n) is 11.3. The summed E-state index contributed by atoms with van der Waals surface area (Å²) < 4.78 is 0. The van der Waals surface area contributed by atoms with E-state index < -0.39 is 5.41 Å². The van der Waals surface area contributed by atoms with E-state index in [1.54, 1.807) is 11.3 Å². The number of nitrogens with zero attached hydrogens (tertiary/aromatic N) is 1. The van der Waals surface area contributed by atoms with Gasteiger partial charge in [0.15, 0.2) is 0 Å². The molecular formula is C41H31NS. The van der Waals surface area contributed by atoms with Crippen molar-refractivity contribution < 1.29 is 0 Å². The van der Waals surface area contributed by atoms with Gasteiger partial charge >= 0.3 is 0 Å². The predicted octanol–water partition coefficient (Wildman–Crippen LogP) is 11.4. The molecule has 1 aliphatic carbocycles. The minimum absolute atomic E-state index is 0.407. The Labute approximate surface area is 257 Å². The molecule has 0 N–H and O–H groups in total. The van der Waals surface area contributed by atoms with E-state index in [1.165, 1.54) is 72.0 Å². The largest absolute Gasteiger partial charge is 0.310 e. The molecule has 43 heavy (non-hydrogen) atoms. The van der Waals surface area contributed by atoms with Gasteiger partial charge in [0.05, 0.1) is 16.8 Å². The van der Waals surface area contributed by atoms with Gasteiger partial charge in [0.1, 0.15) is 0 Å². The van der Waals surface area contributed by atoms with Crippen LogP contribution in [-0.4, -0.2) is 0 Å². The highest BCUT2D eigenvalue weighted by Crippen LogP contribution is 2.63. The Morgan fingerprint density at radius 1 is 0.628 bits per heavy atom. The van der Waals surface area contributed by atoms with Gasteiger partial charge < -0.3 is 4.90 Å². The molecule has 2 aliphatic rings. The molecule has 1 nitrogen and oxygen atoms in total. The monoisotopic (exact) mass is 569 g/mol. The molecule has 0 atom stereocenters. The van der Waals surface area contributed by atoms with E-state index in [0.29, 0.717) is 0 Å². The lowest BCUT2D eigenvalue weighted by Crippen LogP contribution is -2.36. The summed E-state index contributed by atoms with van der Waals surface area (Å²) in [6.45, 7) is 4.54. The molecule has 5 aromatic carbocycles. The Morgan fingerprint density at radius 2 is 1.23 bits per heavy atom. The minimum Gasteiger partial charge on any atom is -0.310 e. The molecule has 0 amide bonds. The zero-order valence-electron chi connectivity index (χ0n) is 24.3. The van der Waals surface area contributed by atoms with Gasteiger partial charge in [-0.25, -0.2) is 0 Å². The van der Waals surface area contributed by atoms with Crippen molar-refractivity contribution in [2.24, 2.45) is 0 Å². The topological polar surface area (TPSA) is 3.24 Å². The fourth-order valence-corrected chi connectivity index (χ4v) is 8.21. The smallest absolute Gasteiger partial charge is 0.0714 e. The van der Waals surface area contributed by atoms with Crippen LogP contribution >= 0.6 is 11.3 Å². The average molecular weight is 570 g/mol. The maximum absolute atomic E-state index is 2.43. The zero-order valence-corrected chi connectivity index (χ0v) is 25.1. The van der Waals surface area contributed by atoms with Gasteiger partial charge in [0.25, 0.3) is 0 Å². The van der Waals surface area contributed by atoms with Gasteiger partial charge in [0, 0.05) is 10.6 Å². The lowest BCUT2D eigenvalue weighted by molar-refractivity contribution is 0.729. The first-order valence-corrected chi connectivity index (χ1v) is 15.8. The van der Waals surface area contributed by atoms with Crippen molar-refractivity contribution in [3.63, 3.8) is 0 Å². The Balaban J connectivity index is 1.40. The number of fused-ring (bicyclic) bond motifs is 6. The van der Waals surface area contributed by atoms with E-state index in [4.69, 9.17) is 0 Å². The lowest BCUT2D eigenvalue weighted by Gasteiger charge is -2.45. The molecule has 0 radical (unpaired) electrons. The van der Waals surface area contributed by atoms with Crippen LogP contribution in [0.4, 0.5) is 17.1 Å². The molecule has 0 fully saturated rings. The normalized spacial score (nSPS) is 14.9. The highest BCUT2D eigenvalue weighted by Gasteiger charge is 2.51. The Kier molecular flexibility index (Phi) is 6.06. The molecule has 0 bridgehead atoms. The number of hydrogen-bond donors (Lipinski definition) is 0. The summed E-state index contributed by atoms with van der Waals surface area (Å²) in [7, 11) is 0. The fraction of sp³-hybridized carbons (Fsp3) is 0.0732. The number of rotatable bonds is 4. The first-order chi connectivity index (χ1) is 21.2. The predicted molar refractivity (Wildman–Crippen MR) is 183 cm³/mol. The SMILES string of the molecule is C/C=C(\C1=C(C)C2(c3ccccc31)c1ccccc1N(c1ccccc1)c1ccccc12)c1ccc(-c2cccs2)cc1. The van der Waals surface area contributed by atoms with Crippen LogP contribution in [0.15, 0.2) is 157 Å². The van der Waals surface area contributed by atoms with Crippen LogP contribution < -0.4 is 4.90 Å². The van der Waals surface area contributed by atoms with Crippen LogP contribution in [0.1, 0.15) is 41.7 Å². The molecule has 0 unspecified atom stereocenters. The van der Waals surface area contributed by atoms with Gasteiger partial charge in [-0.2, -0.15) is 0 Å². The first-order valence-electron chi connectivity index (χ1n) is 14.9. The number of benzene rings is 5. The van der Waals surface area contributed by atoms with E-state index in [2.05, 4.69) is 170 Å². The second-order valence-corrected chi connectivity index (χ2v) is 12.2. The molecule has 0 saturated carbocycles. The van der Waals surface area contributed by atoms with Crippen LogP contribution in [0.25, 0.3) is 21.6 Å². The molecule has 6 aromatic rings. The Bertz CT molecular complexity index is 1980. The van der Waals surface area contributed by atoms with Crippen LogP contribution in [0.2, 0.25) is 0 Å². The summed E-state index contributed by atoms with van der Waals surface area (Å²) >= 11 is 1.78. The van der Waals surface area contributed by atoms with Crippen molar-refractivity contribution in [2.45, 2.75) is 19.3 Å². The van der Waals surface area contributed by atoms with Crippen LogP contribution in [0.3, 0.4) is 0 Å². The van der Waals surface area contributed by atoms with Crippen LogP contribution in [0.5, 0.6) is 0 Å². The third kappa shape index (κ3) is 3.70. The number of anilines is 3. The second kappa shape index (κ2) is 10.1. The van der Waals surface area contributed by atoms with E-state index in [1.807, 2.05) is 0 Å². The molecule has 206 valence electrons. The summed E-state index contributed by atoms with van der Waals surface area (Å²) in [6, 6.07) is 51.2. The summed E-state index contributed by atoms with van der Waals surface area (Å²) in [5.41, 5.74) is 15.0. The van der Waals surface area contributed by atoms with Crippen molar-refractivity contribution in [1.82, 2.24) is 0 Å². The highest BCUT2D eigenvalue weighted by atomic mass is 32.1. The first kappa shape index (κ1) is 25.8. The van der Waals surface area contributed by atoms with E-state index >= 15 is 0 Å². The van der Waals surface area contributed by atoms with E-state index in [9.17, 15) is 0 Å². The molecule has 0 saturated heterocycles. The van der Waals surface area contributed by atoms with Gasteiger partial charge in [-0.3, -0.25) is 0 Å². The Morgan fingerprint density at radius 3 is 1.86 bits per heavy atom. The van der Waals surface area contributed by atoms with Gasteiger partial charge in [-0.05, 0) is 99.7 Å². The van der Waals surface area contributed by atoms with Gasteiger partial charge in [-0.15, -0.1) is 11.3 Å². The fourth-order valence-electron chi connectivity index (χ4n) is 7.47. The van der Waals surface area contributed by atoms with E-state index in [0.717, 1.165) is 0 Å². The van der Waals surface area contributed by atoms with Gasteiger partial charge in [-0.1, -0.05) is 115 Å². The average Bonchev–Trinajstić information content (AvgIpc) is 3.69. The Hall–Kier alpha value is -4.92. The quantitative estimate of drug-likeness (QED) is 0.204. The third-order valence-corrected chi connectivity index (χ3v) is 10.1. The molecule has 2 heterocycles. The van der Waals surface area contributed by atoms with E-state index in [-0.39, 0.29) is 0 Å². The highest BCUT2D eigenvalue weighted by molar-refractivity contribution is 7.13. The van der Waals surface area contributed by atoms with Crippen molar-refractivity contribution in [1.29, 1.82) is 0 Å². The molecular weight excluding hydrogens is 539 g/mol. The maximum Gasteiger partial charge on any atom is 0.0714 e. The minimum atomic E-state index is -0.407. The van der Waals surface area contributed by atoms with Crippen LogP contribution in [0, 0.1) is 0 Å². The number of para-hydroxylation sites is 3. The van der Waals surface area contributed by atoms with Crippen molar-refractivity contribution in [2.75, 3.05) is 4.90 Å².